The van der Waals surface area contributed by atoms with Crippen LogP contribution in [0.25, 0.3) is 0 Å². The Labute approximate surface area is 111 Å². The second-order valence-electron chi connectivity index (χ2n) is 5.77. The van der Waals surface area contributed by atoms with Gasteiger partial charge in [0.1, 0.15) is 5.82 Å². The number of nitrogens with one attached hydrogen (secondary N) is 1. The number of rotatable bonds is 4. The second kappa shape index (κ2) is 4.60. The molecule has 0 radical (unpaired) electrons. The Kier molecular flexibility index (Phi) is 3.05. The molecule has 2 fully saturated rings. The van der Waals surface area contributed by atoms with E-state index >= 15 is 0 Å². The first kappa shape index (κ1) is 12.6. The fourth-order valence-corrected chi connectivity index (χ4v) is 2.75. The first-order valence-corrected chi connectivity index (χ1v) is 6.84. The average Bonchev–Trinajstić information content (AvgIpc) is 3.14. The van der Waals surface area contributed by atoms with Crippen molar-refractivity contribution in [3.05, 3.63) is 35.6 Å². The van der Waals surface area contributed by atoms with Gasteiger partial charge in [-0.3, -0.25) is 4.79 Å². The van der Waals surface area contributed by atoms with Crippen molar-refractivity contribution in [2.24, 2.45) is 5.92 Å². The monoisotopic (exact) mass is 263 g/mol. The predicted molar refractivity (Wildman–Crippen MR) is 69.1 cm³/mol. The van der Waals surface area contributed by atoms with E-state index in [-0.39, 0.29) is 23.6 Å². The third-order valence-electron chi connectivity index (χ3n) is 4.31. The lowest BCUT2D eigenvalue weighted by Crippen LogP contribution is -2.48. The van der Waals surface area contributed by atoms with Crippen LogP contribution in [-0.2, 0) is 4.79 Å². The van der Waals surface area contributed by atoms with Gasteiger partial charge in [0.2, 0.25) is 5.91 Å². The molecule has 2 N–H and O–H groups in total. The molecule has 0 saturated heterocycles. The lowest BCUT2D eigenvalue weighted by atomic mass is 9.80. The zero-order valence-corrected chi connectivity index (χ0v) is 10.7. The van der Waals surface area contributed by atoms with E-state index in [2.05, 4.69) is 5.32 Å². The van der Waals surface area contributed by atoms with Gasteiger partial charge in [0, 0.05) is 12.5 Å². The number of amides is 1. The highest BCUT2D eigenvalue weighted by Crippen LogP contribution is 2.48. The Balaban J connectivity index is 1.55. The third kappa shape index (κ3) is 2.50. The molecule has 0 aromatic heterocycles. The summed E-state index contributed by atoms with van der Waals surface area (Å²) < 4.78 is 13.6. The van der Waals surface area contributed by atoms with Gasteiger partial charge in [-0.15, -0.1) is 0 Å². The molecule has 1 aromatic carbocycles. The summed E-state index contributed by atoms with van der Waals surface area (Å²) in [6.07, 6.45) is 3.24. The molecule has 2 saturated carbocycles. The van der Waals surface area contributed by atoms with Gasteiger partial charge in [-0.2, -0.15) is 0 Å². The molecule has 3 nitrogen and oxygen atoms in total. The van der Waals surface area contributed by atoms with Gasteiger partial charge in [-0.1, -0.05) is 18.2 Å². The molecule has 0 bridgehead atoms. The van der Waals surface area contributed by atoms with Crippen molar-refractivity contribution in [3.63, 3.8) is 0 Å². The van der Waals surface area contributed by atoms with Crippen molar-refractivity contribution < 1.29 is 14.3 Å². The quantitative estimate of drug-likeness (QED) is 0.872. The van der Waals surface area contributed by atoms with Crippen molar-refractivity contribution >= 4 is 5.91 Å². The molecule has 1 aromatic rings. The van der Waals surface area contributed by atoms with Gasteiger partial charge in [0.15, 0.2) is 0 Å². The predicted octanol–water partition coefficient (Wildman–Crippen LogP) is 1.96. The zero-order chi connectivity index (χ0) is 13.5. The maximum Gasteiger partial charge on any atom is 0.223 e. The third-order valence-corrected chi connectivity index (χ3v) is 4.31. The molecular formula is C15H18FNO2. The first-order valence-electron chi connectivity index (χ1n) is 6.84. The molecule has 0 heterocycles. The largest absolute Gasteiger partial charge is 0.388 e. The highest BCUT2D eigenvalue weighted by atomic mass is 19.1. The highest BCUT2D eigenvalue weighted by molar-refractivity contribution is 5.83. The van der Waals surface area contributed by atoms with Crippen LogP contribution >= 0.6 is 0 Å². The Morgan fingerprint density at radius 2 is 2.16 bits per heavy atom. The van der Waals surface area contributed by atoms with Crippen molar-refractivity contribution in [2.45, 2.75) is 37.2 Å². The molecule has 2 atom stereocenters. The Morgan fingerprint density at radius 3 is 2.79 bits per heavy atom. The van der Waals surface area contributed by atoms with Crippen LogP contribution in [-0.4, -0.2) is 23.2 Å². The number of benzene rings is 1. The summed E-state index contributed by atoms with van der Waals surface area (Å²) in [7, 11) is 0. The second-order valence-corrected chi connectivity index (χ2v) is 5.77. The number of carbonyl (C=O) groups is 1. The average molecular weight is 263 g/mol. The van der Waals surface area contributed by atoms with Gasteiger partial charge in [-0.25, -0.2) is 4.39 Å². The van der Waals surface area contributed by atoms with Crippen LogP contribution < -0.4 is 5.32 Å². The van der Waals surface area contributed by atoms with Crippen molar-refractivity contribution in [1.82, 2.24) is 5.32 Å². The molecule has 2 unspecified atom stereocenters. The molecular weight excluding hydrogens is 245 g/mol. The smallest absolute Gasteiger partial charge is 0.223 e. The van der Waals surface area contributed by atoms with E-state index < -0.39 is 5.60 Å². The lowest BCUT2D eigenvalue weighted by molar-refractivity contribution is -0.124. The molecule has 2 aliphatic carbocycles. The summed E-state index contributed by atoms with van der Waals surface area (Å²) in [5, 5.41) is 12.7. The standard InChI is InChI=1S/C15H18FNO2/c16-13-5-2-1-4-10(13)11-8-12(11)14(18)17-9-15(19)6-3-7-15/h1-2,4-5,11-12,19H,3,6-9H2,(H,17,18). The SMILES string of the molecule is O=C(NCC1(O)CCC1)C1CC1c1ccccc1F. The van der Waals surface area contributed by atoms with Crippen LogP contribution in [0.15, 0.2) is 24.3 Å². The summed E-state index contributed by atoms with van der Waals surface area (Å²) in [6, 6.07) is 6.62. The van der Waals surface area contributed by atoms with Crippen LogP contribution in [0.1, 0.15) is 37.2 Å². The van der Waals surface area contributed by atoms with Gasteiger partial charge < -0.3 is 10.4 Å². The van der Waals surface area contributed by atoms with E-state index in [1.807, 2.05) is 0 Å². The molecule has 19 heavy (non-hydrogen) atoms. The minimum Gasteiger partial charge on any atom is -0.388 e. The van der Waals surface area contributed by atoms with E-state index in [1.54, 1.807) is 18.2 Å². The fourth-order valence-electron chi connectivity index (χ4n) is 2.75. The number of hydrogen-bond donors (Lipinski definition) is 2. The van der Waals surface area contributed by atoms with Crippen LogP contribution in [0.5, 0.6) is 0 Å². The Morgan fingerprint density at radius 1 is 1.42 bits per heavy atom. The van der Waals surface area contributed by atoms with Gasteiger partial charge in [0.05, 0.1) is 5.60 Å². The summed E-state index contributed by atoms with van der Waals surface area (Å²) in [5.41, 5.74) is -0.0668. The van der Waals surface area contributed by atoms with Gasteiger partial charge in [-0.05, 0) is 43.2 Å². The van der Waals surface area contributed by atoms with Crippen LogP contribution in [0.4, 0.5) is 4.39 Å². The normalized spacial score (nSPS) is 27.5. The minimum atomic E-state index is -0.696. The molecule has 4 heteroatoms. The van der Waals surface area contributed by atoms with E-state index in [9.17, 15) is 14.3 Å². The topological polar surface area (TPSA) is 49.3 Å². The summed E-state index contributed by atoms with van der Waals surface area (Å²) in [5.74, 6) is -0.438. The molecule has 1 amide bonds. The molecule has 0 spiro atoms. The van der Waals surface area contributed by atoms with Crippen LogP contribution in [0.3, 0.4) is 0 Å². The van der Waals surface area contributed by atoms with E-state index in [1.165, 1.54) is 6.07 Å². The lowest BCUT2D eigenvalue weighted by Gasteiger charge is -2.36. The van der Waals surface area contributed by atoms with E-state index in [0.717, 1.165) is 19.3 Å². The van der Waals surface area contributed by atoms with Gasteiger partial charge >= 0.3 is 0 Å². The molecule has 3 rings (SSSR count). The van der Waals surface area contributed by atoms with E-state index in [0.29, 0.717) is 18.5 Å². The summed E-state index contributed by atoms with van der Waals surface area (Å²) in [4.78, 5) is 11.9. The highest BCUT2D eigenvalue weighted by Gasteiger charge is 2.45. The van der Waals surface area contributed by atoms with Crippen molar-refractivity contribution in [1.29, 1.82) is 0 Å². The number of hydrogen-bond acceptors (Lipinski definition) is 2. The number of halogens is 1. The van der Waals surface area contributed by atoms with Crippen molar-refractivity contribution in [3.8, 4) is 0 Å². The first-order chi connectivity index (χ1) is 9.09. The zero-order valence-electron chi connectivity index (χ0n) is 10.7. The maximum absolute atomic E-state index is 13.6. The van der Waals surface area contributed by atoms with Gasteiger partial charge in [0.25, 0.3) is 0 Å². The maximum atomic E-state index is 13.6. The molecule has 2 aliphatic rings. The van der Waals surface area contributed by atoms with Crippen LogP contribution in [0.2, 0.25) is 0 Å². The fraction of sp³-hybridized carbons (Fsp3) is 0.533. The Bertz CT molecular complexity index is 499. The van der Waals surface area contributed by atoms with E-state index in [4.69, 9.17) is 0 Å². The Hall–Kier alpha value is -1.42. The minimum absolute atomic E-state index is 0.00256. The summed E-state index contributed by atoms with van der Waals surface area (Å²) in [6.45, 7) is 0.326. The molecule has 0 aliphatic heterocycles. The number of carbonyl (C=O) groups excluding carboxylic acids is 1. The number of aliphatic hydroxyl groups is 1. The van der Waals surface area contributed by atoms with Crippen molar-refractivity contribution in [2.75, 3.05) is 6.54 Å². The molecule has 102 valence electrons. The van der Waals surface area contributed by atoms with Crippen LogP contribution in [0, 0.1) is 11.7 Å². The summed E-state index contributed by atoms with van der Waals surface area (Å²) >= 11 is 0.